The minimum atomic E-state index is -2.21. The van der Waals surface area contributed by atoms with Crippen LogP contribution in [0.2, 0.25) is 0 Å². The number of aliphatic carboxylic acids is 5. The highest BCUT2D eigenvalue weighted by atomic mass is 19.1. The lowest BCUT2D eigenvalue weighted by Crippen LogP contribution is -2.56. The lowest BCUT2D eigenvalue weighted by molar-refractivity contribution is -0.147. The molecule has 25 heteroatoms. The summed E-state index contributed by atoms with van der Waals surface area (Å²) in [7, 11) is 0. The van der Waals surface area contributed by atoms with Crippen molar-refractivity contribution in [2.24, 2.45) is 0 Å². The molecule has 4 rings (SSSR count). The number of unbranched alkanes of at least 4 members (excludes halogenated alkanes) is 1. The van der Waals surface area contributed by atoms with Crippen LogP contribution in [0.15, 0.2) is 85.1 Å². The fraction of sp³-hybridized carbons (Fsp3) is 0.319. The van der Waals surface area contributed by atoms with E-state index in [9.17, 15) is 72.4 Å². The molecule has 0 saturated carbocycles. The summed E-state index contributed by atoms with van der Waals surface area (Å²) in [6.07, 6.45) is -1.00. The van der Waals surface area contributed by atoms with Crippen LogP contribution >= 0.6 is 0 Å². The topological polar surface area (TPSA) is 386 Å². The molecule has 3 aromatic carbocycles. The van der Waals surface area contributed by atoms with Gasteiger partial charge in [-0.1, -0.05) is 54.6 Å². The van der Waals surface area contributed by atoms with Gasteiger partial charge in [0, 0.05) is 44.1 Å². The van der Waals surface area contributed by atoms with Gasteiger partial charge < -0.3 is 62.8 Å². The van der Waals surface area contributed by atoms with E-state index in [1.54, 1.807) is 6.07 Å². The lowest BCUT2D eigenvalue weighted by Gasteiger charge is -2.21. The molecule has 0 aliphatic carbocycles. The summed E-state index contributed by atoms with van der Waals surface area (Å²) in [6, 6.07) is 11.3. The number of aromatic nitrogens is 1. The third kappa shape index (κ3) is 18.1. The summed E-state index contributed by atoms with van der Waals surface area (Å²) in [5.41, 5.74) is 0.942. The second kappa shape index (κ2) is 27.2. The van der Waals surface area contributed by atoms with E-state index in [1.165, 1.54) is 24.3 Å². The molecule has 0 bridgehead atoms. The van der Waals surface area contributed by atoms with Crippen molar-refractivity contribution in [1.29, 1.82) is 0 Å². The maximum absolute atomic E-state index is 13.6. The molecule has 0 radical (unpaired) electrons. The van der Waals surface area contributed by atoms with E-state index in [2.05, 4.69) is 31.6 Å². The molecular formula is C47H51FN8O16. The van der Waals surface area contributed by atoms with Crippen molar-refractivity contribution in [1.82, 2.24) is 42.2 Å². The Kier molecular flexibility index (Phi) is 21.0. The van der Waals surface area contributed by atoms with Gasteiger partial charge in [0.15, 0.2) is 0 Å². The molecule has 0 aliphatic heterocycles. The number of carboxylic acids is 5. The molecule has 5 unspecified atom stereocenters. The smallest absolute Gasteiger partial charge is 0.336 e. The van der Waals surface area contributed by atoms with E-state index in [0.717, 1.165) is 29.1 Å². The summed E-state index contributed by atoms with van der Waals surface area (Å²) in [5.74, 6) is -12.9. The normalized spacial score (nSPS) is 12.8. The fourth-order valence-electron chi connectivity index (χ4n) is 6.84. The van der Waals surface area contributed by atoms with E-state index < -0.39 is 127 Å². The van der Waals surface area contributed by atoms with Gasteiger partial charge in [0.05, 0.1) is 5.56 Å². The number of fused-ring (bicyclic) bond motifs is 1. The van der Waals surface area contributed by atoms with Gasteiger partial charge in [-0.2, -0.15) is 4.39 Å². The van der Waals surface area contributed by atoms with Gasteiger partial charge in [-0.15, -0.1) is 0 Å². The average molecular weight is 1000 g/mol. The first kappa shape index (κ1) is 55.6. The van der Waals surface area contributed by atoms with Crippen molar-refractivity contribution in [2.45, 2.75) is 88.1 Å². The quantitative estimate of drug-likeness (QED) is 0.0214. The second-order valence-corrected chi connectivity index (χ2v) is 16.1. The Labute approximate surface area is 408 Å². The van der Waals surface area contributed by atoms with Crippen LogP contribution in [0, 0.1) is 5.95 Å². The predicted molar refractivity (Wildman–Crippen MR) is 247 cm³/mol. The monoisotopic (exact) mass is 1000 g/mol. The number of pyridine rings is 1. The molecule has 382 valence electrons. The molecular weight excluding hydrogens is 952 g/mol. The number of carboxylic acid groups (broad SMARTS) is 5. The van der Waals surface area contributed by atoms with Crippen LogP contribution in [-0.2, 0) is 51.3 Å². The first-order valence-corrected chi connectivity index (χ1v) is 22.1. The van der Waals surface area contributed by atoms with Crippen molar-refractivity contribution >= 4 is 76.2 Å². The molecule has 4 aromatic rings. The van der Waals surface area contributed by atoms with Crippen molar-refractivity contribution in [3.8, 4) is 0 Å². The summed E-state index contributed by atoms with van der Waals surface area (Å²) in [5, 5.41) is 64.7. The molecule has 24 nitrogen and oxygen atoms in total. The van der Waals surface area contributed by atoms with Crippen molar-refractivity contribution < 1.29 is 82.7 Å². The van der Waals surface area contributed by atoms with Gasteiger partial charge in [-0.05, 0) is 78.3 Å². The Morgan fingerprint density at radius 2 is 1.08 bits per heavy atom. The van der Waals surface area contributed by atoms with Crippen LogP contribution in [0.25, 0.3) is 10.8 Å². The predicted octanol–water partition coefficient (Wildman–Crippen LogP) is 0.921. The fourth-order valence-corrected chi connectivity index (χ4v) is 6.84. The number of benzene rings is 3. The highest BCUT2D eigenvalue weighted by Gasteiger charge is 2.32. The van der Waals surface area contributed by atoms with E-state index in [1.807, 2.05) is 47.0 Å². The molecule has 7 amide bonds. The Morgan fingerprint density at radius 3 is 1.68 bits per heavy atom. The number of carbonyl (C=O) groups is 11. The summed E-state index contributed by atoms with van der Waals surface area (Å²) >= 11 is 0. The SMILES string of the molecule is O=C(O)CCC(NC(=O)NC(CCCCNC(=O)C(Cc1ccc2ccccc2c1)NC(=O)c1ccc(CNC(=O)C(NC(=O)C(CCC(=O)O)NC(=O)c2ccc(F)nc2)C(=O)O)cc1)C(=O)O)C(=O)O. The highest BCUT2D eigenvalue weighted by Crippen LogP contribution is 2.18. The first-order valence-electron chi connectivity index (χ1n) is 22.1. The number of nitrogens with one attached hydrogen (secondary N) is 7. The molecule has 12 N–H and O–H groups in total. The van der Waals surface area contributed by atoms with Gasteiger partial charge in [0.2, 0.25) is 23.8 Å². The standard InChI is InChI=1S/C47H51FN8O16/c48-35-17-14-30(24-50-35)40(62)52-31(15-18-36(57)58)42(64)56-38(46(70)71)43(65)51-23-25-8-12-28(13-9-25)39(61)53-34(22-26-10-11-27-5-1-2-6-29(27)21-26)41(63)49-20-4-3-7-32(44(66)67)54-47(72)55-33(45(68)69)16-19-37(59)60/h1-2,5-6,8-14,17,21,24,31-34,38H,3-4,7,15-16,18-20,22-23H2,(H,49,63)(H,51,65)(H,52,62)(H,53,61)(H,56,64)(H,57,58)(H,59,60)(H,66,67)(H,68,69)(H,70,71)(H2,54,55,72). The Bertz CT molecular complexity index is 2650. The van der Waals surface area contributed by atoms with Crippen molar-refractivity contribution in [3.63, 3.8) is 0 Å². The minimum Gasteiger partial charge on any atom is -0.481 e. The van der Waals surface area contributed by atoms with E-state index in [-0.39, 0.29) is 49.9 Å². The van der Waals surface area contributed by atoms with Gasteiger partial charge in [-0.3, -0.25) is 33.6 Å². The van der Waals surface area contributed by atoms with Gasteiger partial charge in [0.25, 0.3) is 17.7 Å². The molecule has 0 aliphatic rings. The van der Waals surface area contributed by atoms with Gasteiger partial charge in [0.1, 0.15) is 24.2 Å². The van der Waals surface area contributed by atoms with E-state index in [0.29, 0.717) is 11.1 Å². The molecule has 1 heterocycles. The molecule has 0 fully saturated rings. The number of carbonyl (C=O) groups excluding carboxylic acids is 6. The summed E-state index contributed by atoms with van der Waals surface area (Å²) in [4.78, 5) is 139. The van der Waals surface area contributed by atoms with E-state index in [4.69, 9.17) is 10.2 Å². The number of nitrogens with zero attached hydrogens (tertiary/aromatic N) is 1. The number of hydrogen-bond acceptors (Lipinski definition) is 12. The molecule has 0 spiro atoms. The van der Waals surface area contributed by atoms with Crippen molar-refractivity contribution in [3.05, 3.63) is 113 Å². The zero-order valence-corrected chi connectivity index (χ0v) is 38.1. The number of hydrogen-bond donors (Lipinski definition) is 12. The Balaban J connectivity index is 1.36. The summed E-state index contributed by atoms with van der Waals surface area (Å²) < 4.78 is 13.2. The zero-order chi connectivity index (χ0) is 52.9. The second-order valence-electron chi connectivity index (χ2n) is 16.1. The average Bonchev–Trinajstić information content (AvgIpc) is 3.33. The summed E-state index contributed by atoms with van der Waals surface area (Å²) in [6.45, 7) is -0.289. The Hall–Kier alpha value is -9.03. The van der Waals surface area contributed by atoms with E-state index >= 15 is 0 Å². The molecule has 0 saturated heterocycles. The highest BCUT2D eigenvalue weighted by molar-refractivity contribution is 6.05. The molecule has 72 heavy (non-hydrogen) atoms. The third-order valence-corrected chi connectivity index (χ3v) is 10.7. The number of amides is 7. The van der Waals surface area contributed by atoms with Crippen LogP contribution < -0.4 is 37.2 Å². The van der Waals surface area contributed by atoms with Crippen LogP contribution in [0.1, 0.15) is 76.8 Å². The maximum atomic E-state index is 13.6. The number of halogens is 1. The lowest BCUT2D eigenvalue weighted by atomic mass is 10.0. The maximum Gasteiger partial charge on any atom is 0.336 e. The first-order chi connectivity index (χ1) is 34.2. The third-order valence-electron chi connectivity index (χ3n) is 10.7. The van der Waals surface area contributed by atoms with Crippen LogP contribution in [-0.4, -0.2) is 133 Å². The molecule has 5 atom stereocenters. The number of rotatable bonds is 28. The minimum absolute atomic E-state index is 0.0157. The van der Waals surface area contributed by atoms with Crippen molar-refractivity contribution in [2.75, 3.05) is 6.54 Å². The van der Waals surface area contributed by atoms with Gasteiger partial charge in [-0.25, -0.2) is 24.2 Å². The largest absolute Gasteiger partial charge is 0.481 e. The Morgan fingerprint density at radius 1 is 0.514 bits per heavy atom. The zero-order valence-electron chi connectivity index (χ0n) is 38.1. The van der Waals surface area contributed by atoms with Gasteiger partial charge >= 0.3 is 35.9 Å². The van der Waals surface area contributed by atoms with Crippen LogP contribution in [0.4, 0.5) is 9.18 Å². The van der Waals surface area contributed by atoms with Crippen LogP contribution in [0.3, 0.4) is 0 Å². The number of urea groups is 1. The van der Waals surface area contributed by atoms with Crippen LogP contribution in [0.5, 0.6) is 0 Å². The molecule has 1 aromatic heterocycles.